The molecule has 0 atom stereocenters. The molecule has 2 aromatic carbocycles. The third-order valence-corrected chi connectivity index (χ3v) is 7.27. The van der Waals surface area contributed by atoms with Gasteiger partial charge in [0.15, 0.2) is 4.80 Å². The lowest BCUT2D eigenvalue weighted by atomic mass is 10.1. The molecule has 32 heavy (non-hydrogen) atoms. The molecule has 0 aliphatic carbocycles. The molecule has 0 saturated heterocycles. The van der Waals surface area contributed by atoms with E-state index in [4.69, 9.17) is 14.5 Å². The lowest BCUT2D eigenvalue weighted by Crippen LogP contribution is -2.14. The lowest BCUT2D eigenvalue weighted by Gasteiger charge is -2.07. The van der Waals surface area contributed by atoms with Crippen LogP contribution in [-0.2, 0) is 7.05 Å². The second kappa shape index (κ2) is 8.22. The number of thiazole rings is 1. The number of nitrogens with zero attached hydrogens (tertiary/aromatic N) is 3. The number of benzene rings is 2. The van der Waals surface area contributed by atoms with Gasteiger partial charge in [-0.15, -0.1) is 11.3 Å². The van der Waals surface area contributed by atoms with E-state index in [2.05, 4.69) is 4.99 Å². The van der Waals surface area contributed by atoms with Crippen molar-refractivity contribution in [2.24, 2.45) is 12.0 Å². The molecule has 1 amide bonds. The Kier molecular flexibility index (Phi) is 5.24. The minimum atomic E-state index is -0.318. The summed E-state index contributed by atoms with van der Waals surface area (Å²) >= 11 is 2.98. The van der Waals surface area contributed by atoms with Gasteiger partial charge in [-0.3, -0.25) is 4.79 Å². The number of thiophene rings is 1. The fourth-order valence-electron chi connectivity index (χ4n) is 3.68. The number of aryl methyl sites for hydroxylation is 1. The number of pyridine rings is 1. The number of fused-ring (bicyclic) bond motifs is 2. The van der Waals surface area contributed by atoms with Gasteiger partial charge in [0.2, 0.25) is 0 Å². The zero-order valence-electron chi connectivity index (χ0n) is 17.7. The number of para-hydroxylation sites is 1. The summed E-state index contributed by atoms with van der Waals surface area (Å²) in [4.78, 5) is 24.2. The second-order valence-electron chi connectivity index (χ2n) is 7.06. The van der Waals surface area contributed by atoms with Gasteiger partial charge in [-0.25, -0.2) is 4.98 Å². The number of ether oxygens (including phenoxy) is 2. The van der Waals surface area contributed by atoms with E-state index in [0.717, 1.165) is 31.7 Å². The van der Waals surface area contributed by atoms with Crippen molar-refractivity contribution in [1.82, 2.24) is 9.55 Å². The number of hydrogen-bond acceptors (Lipinski definition) is 6. The summed E-state index contributed by atoms with van der Waals surface area (Å²) in [5.74, 6) is 1.09. The maximum absolute atomic E-state index is 13.4. The van der Waals surface area contributed by atoms with Crippen LogP contribution in [0.3, 0.4) is 0 Å². The molecule has 5 rings (SSSR count). The highest BCUT2D eigenvalue weighted by Crippen LogP contribution is 2.35. The van der Waals surface area contributed by atoms with Crippen LogP contribution in [0.2, 0.25) is 0 Å². The molecule has 0 spiro atoms. The Morgan fingerprint density at radius 1 is 1.03 bits per heavy atom. The average molecular weight is 462 g/mol. The molecule has 0 aliphatic rings. The lowest BCUT2D eigenvalue weighted by molar-refractivity contribution is 0.0999. The van der Waals surface area contributed by atoms with Crippen LogP contribution in [0, 0.1) is 0 Å². The number of amides is 1. The van der Waals surface area contributed by atoms with E-state index < -0.39 is 0 Å². The molecule has 0 bridgehead atoms. The summed E-state index contributed by atoms with van der Waals surface area (Å²) in [6.45, 7) is 0. The molecular formula is C24H19N3O3S2. The van der Waals surface area contributed by atoms with Crippen LogP contribution in [0.4, 0.5) is 0 Å². The van der Waals surface area contributed by atoms with E-state index in [1.807, 2.05) is 71.6 Å². The number of carbonyl (C=O) groups is 1. The Labute approximate surface area is 192 Å². The molecule has 0 saturated carbocycles. The molecule has 0 aliphatic heterocycles. The van der Waals surface area contributed by atoms with Crippen molar-refractivity contribution in [3.8, 4) is 22.1 Å². The van der Waals surface area contributed by atoms with Crippen molar-refractivity contribution in [2.45, 2.75) is 0 Å². The van der Waals surface area contributed by atoms with E-state index >= 15 is 0 Å². The smallest absolute Gasteiger partial charge is 0.280 e. The summed E-state index contributed by atoms with van der Waals surface area (Å²) in [7, 11) is 5.11. The van der Waals surface area contributed by atoms with E-state index in [9.17, 15) is 4.79 Å². The molecule has 8 heteroatoms. The molecule has 160 valence electrons. The Balaban J connectivity index is 1.72. The highest BCUT2D eigenvalue weighted by atomic mass is 32.1. The first-order valence-electron chi connectivity index (χ1n) is 9.84. The van der Waals surface area contributed by atoms with E-state index in [0.29, 0.717) is 21.9 Å². The summed E-state index contributed by atoms with van der Waals surface area (Å²) in [6, 6.07) is 17.1. The van der Waals surface area contributed by atoms with Gasteiger partial charge in [0, 0.05) is 12.4 Å². The van der Waals surface area contributed by atoms with Crippen LogP contribution >= 0.6 is 22.7 Å². The van der Waals surface area contributed by atoms with Crippen LogP contribution in [0.25, 0.3) is 31.7 Å². The predicted molar refractivity (Wildman–Crippen MR) is 129 cm³/mol. The zero-order chi connectivity index (χ0) is 22.2. The maximum Gasteiger partial charge on any atom is 0.280 e. The van der Waals surface area contributed by atoms with E-state index in [-0.39, 0.29) is 5.91 Å². The van der Waals surface area contributed by atoms with Gasteiger partial charge in [-0.2, -0.15) is 4.99 Å². The largest absolute Gasteiger partial charge is 0.495 e. The summed E-state index contributed by atoms with van der Waals surface area (Å²) in [5, 5.41) is 2.77. The topological polar surface area (TPSA) is 65.7 Å². The molecule has 0 fully saturated rings. The van der Waals surface area contributed by atoms with Gasteiger partial charge in [-0.05, 0) is 35.7 Å². The first-order valence-corrected chi connectivity index (χ1v) is 11.5. The van der Waals surface area contributed by atoms with Crippen molar-refractivity contribution in [3.63, 3.8) is 0 Å². The molecule has 5 aromatic rings. The number of rotatable bonds is 4. The highest BCUT2D eigenvalue weighted by Gasteiger charge is 2.17. The number of carbonyl (C=O) groups excluding carboxylic acids is 1. The first kappa shape index (κ1) is 20.4. The van der Waals surface area contributed by atoms with Crippen LogP contribution in [0.1, 0.15) is 10.4 Å². The van der Waals surface area contributed by atoms with Crippen molar-refractivity contribution in [3.05, 3.63) is 70.3 Å². The van der Waals surface area contributed by atoms with Crippen molar-refractivity contribution in [1.29, 1.82) is 0 Å². The number of hydrogen-bond donors (Lipinski definition) is 0. The van der Waals surface area contributed by atoms with Crippen molar-refractivity contribution in [2.75, 3.05) is 14.2 Å². The van der Waals surface area contributed by atoms with Crippen LogP contribution in [-0.4, -0.2) is 29.7 Å². The molecule has 0 unspecified atom stereocenters. The molecule has 6 nitrogen and oxygen atoms in total. The van der Waals surface area contributed by atoms with Gasteiger partial charge in [0.05, 0.1) is 35.9 Å². The first-order chi connectivity index (χ1) is 15.6. The van der Waals surface area contributed by atoms with Gasteiger partial charge in [0.25, 0.3) is 5.91 Å². The quantitative estimate of drug-likeness (QED) is 0.365. The van der Waals surface area contributed by atoms with Gasteiger partial charge >= 0.3 is 0 Å². The average Bonchev–Trinajstić information content (AvgIpc) is 3.47. The van der Waals surface area contributed by atoms with Crippen molar-refractivity contribution >= 4 is 49.7 Å². The summed E-state index contributed by atoms with van der Waals surface area (Å²) < 4.78 is 13.8. The zero-order valence-corrected chi connectivity index (χ0v) is 19.3. The van der Waals surface area contributed by atoms with Crippen LogP contribution < -0.4 is 14.3 Å². The SMILES string of the molecule is COc1ccc(OC)c2c1sc(=NC(=O)c1cc(-c3cccs3)nc3ccccc13)n2C. The highest BCUT2D eigenvalue weighted by molar-refractivity contribution is 7.16. The third-order valence-electron chi connectivity index (χ3n) is 5.23. The minimum Gasteiger partial charge on any atom is -0.495 e. The van der Waals surface area contributed by atoms with Crippen LogP contribution in [0.5, 0.6) is 11.5 Å². The minimum absolute atomic E-state index is 0.318. The monoisotopic (exact) mass is 461 g/mol. The van der Waals surface area contributed by atoms with Crippen LogP contribution in [0.15, 0.2) is 65.0 Å². The summed E-state index contributed by atoms with van der Waals surface area (Å²) in [6.07, 6.45) is 0. The maximum atomic E-state index is 13.4. The van der Waals surface area contributed by atoms with Gasteiger partial charge < -0.3 is 14.0 Å². The molecule has 0 N–H and O–H groups in total. The number of methoxy groups -OCH3 is 2. The predicted octanol–water partition coefficient (Wildman–Crippen LogP) is 5.27. The Hall–Kier alpha value is -3.49. The van der Waals surface area contributed by atoms with E-state index in [1.165, 1.54) is 11.3 Å². The molecule has 3 heterocycles. The van der Waals surface area contributed by atoms with Gasteiger partial charge in [0.1, 0.15) is 21.7 Å². The second-order valence-corrected chi connectivity index (χ2v) is 8.98. The Morgan fingerprint density at radius 2 is 1.81 bits per heavy atom. The van der Waals surface area contributed by atoms with E-state index in [1.54, 1.807) is 25.6 Å². The normalized spacial score (nSPS) is 11.9. The Bertz CT molecular complexity index is 1530. The molecular weight excluding hydrogens is 442 g/mol. The van der Waals surface area contributed by atoms with Crippen molar-refractivity contribution < 1.29 is 14.3 Å². The third kappa shape index (κ3) is 3.37. The molecule has 3 aromatic heterocycles. The fraction of sp³-hybridized carbons (Fsp3) is 0.125. The standard InChI is InChI=1S/C24H19N3O3S2/c1-27-21-18(29-2)10-11-19(30-3)22(21)32-24(27)26-23(28)15-13-17(20-9-6-12-31-20)25-16-8-5-4-7-14(15)16/h4-13H,1-3H3. The fourth-order valence-corrected chi connectivity index (χ4v) is 5.49. The Morgan fingerprint density at radius 3 is 2.56 bits per heavy atom. The summed E-state index contributed by atoms with van der Waals surface area (Å²) in [5.41, 5.74) is 2.89. The van der Waals surface area contributed by atoms with Gasteiger partial charge in [-0.1, -0.05) is 35.6 Å². The number of aromatic nitrogens is 2. The molecule has 0 radical (unpaired) electrons.